The Labute approximate surface area is 204 Å². The first-order chi connectivity index (χ1) is 15.8. The van der Waals surface area contributed by atoms with Gasteiger partial charge in [0.05, 0.1) is 11.8 Å². The van der Waals surface area contributed by atoms with Crippen molar-refractivity contribution in [2.45, 2.75) is 51.5 Å². The maximum Gasteiger partial charge on any atom is 0.230 e. The largest absolute Gasteiger partial charge is 0.483 e. The number of carbonyl (C=O) groups excluding carboxylic acids is 1. The van der Waals surface area contributed by atoms with E-state index in [1.54, 1.807) is 6.08 Å². The second-order valence-corrected chi connectivity index (χ2v) is 9.18. The van der Waals surface area contributed by atoms with Crippen molar-refractivity contribution in [1.29, 1.82) is 0 Å². The molecule has 0 aliphatic heterocycles. The van der Waals surface area contributed by atoms with Gasteiger partial charge in [-0.2, -0.15) is 0 Å². The summed E-state index contributed by atoms with van der Waals surface area (Å²) >= 11 is 7.61. The molecule has 0 saturated carbocycles. The van der Waals surface area contributed by atoms with Crippen molar-refractivity contribution in [3.63, 3.8) is 0 Å². The van der Waals surface area contributed by atoms with Crippen molar-refractivity contribution in [3.05, 3.63) is 82.7 Å². The van der Waals surface area contributed by atoms with Gasteiger partial charge in [-0.05, 0) is 56.5 Å². The highest BCUT2D eigenvalue weighted by atomic mass is 35.5. The van der Waals surface area contributed by atoms with E-state index in [0.717, 1.165) is 27.5 Å². The Kier molecular flexibility index (Phi) is 8.58. The number of nitrogens with zero attached hydrogens (tertiary/aromatic N) is 3. The molecule has 3 rings (SSSR count). The van der Waals surface area contributed by atoms with Crippen LogP contribution in [0.4, 0.5) is 0 Å². The third-order valence-electron chi connectivity index (χ3n) is 5.15. The molecule has 1 aromatic heterocycles. The van der Waals surface area contributed by atoms with Gasteiger partial charge in [0.25, 0.3) is 0 Å². The maximum absolute atomic E-state index is 12.5. The number of nitrogens with one attached hydrogen (secondary N) is 1. The highest BCUT2D eigenvalue weighted by Crippen LogP contribution is 2.29. The van der Waals surface area contributed by atoms with Crippen LogP contribution >= 0.6 is 23.4 Å². The number of aromatic nitrogens is 3. The van der Waals surface area contributed by atoms with Crippen molar-refractivity contribution < 1.29 is 9.53 Å². The minimum Gasteiger partial charge on any atom is -0.483 e. The van der Waals surface area contributed by atoms with Crippen LogP contribution in [0.15, 0.2) is 60.3 Å². The monoisotopic (exact) mass is 484 g/mol. The number of hydrogen-bond donors (Lipinski definition) is 1. The molecule has 2 aromatic carbocycles. The number of amides is 1. The third kappa shape index (κ3) is 6.39. The first kappa shape index (κ1) is 24.9. The van der Waals surface area contributed by atoms with Gasteiger partial charge in [-0.15, -0.1) is 16.8 Å². The molecule has 6 nitrogen and oxygen atoms in total. The average molecular weight is 485 g/mol. The Morgan fingerprint density at radius 2 is 1.88 bits per heavy atom. The number of benzene rings is 2. The number of thioether (sulfide) groups is 1. The summed E-state index contributed by atoms with van der Waals surface area (Å²) in [5, 5.41) is 13.1. The van der Waals surface area contributed by atoms with Gasteiger partial charge in [0.2, 0.25) is 5.91 Å². The molecule has 0 fully saturated rings. The average Bonchev–Trinajstić information content (AvgIpc) is 3.19. The summed E-state index contributed by atoms with van der Waals surface area (Å²) in [5.41, 5.74) is 2.98. The van der Waals surface area contributed by atoms with Crippen molar-refractivity contribution in [1.82, 2.24) is 20.1 Å². The normalized spacial score (nSPS) is 12.8. The van der Waals surface area contributed by atoms with E-state index in [4.69, 9.17) is 16.3 Å². The van der Waals surface area contributed by atoms with E-state index in [1.807, 2.05) is 74.7 Å². The molecule has 0 bridgehead atoms. The van der Waals surface area contributed by atoms with Crippen LogP contribution < -0.4 is 10.1 Å². The molecule has 0 spiro atoms. The number of rotatable bonds is 10. The number of aryl methyl sites for hydroxylation is 2. The highest BCUT2D eigenvalue weighted by molar-refractivity contribution is 7.99. The van der Waals surface area contributed by atoms with Gasteiger partial charge in [-0.3, -0.25) is 9.36 Å². The smallest absolute Gasteiger partial charge is 0.230 e. The lowest BCUT2D eigenvalue weighted by atomic mass is 10.1. The fraction of sp³-hybridized carbons (Fsp3) is 0.320. The van der Waals surface area contributed by atoms with Crippen molar-refractivity contribution >= 4 is 29.3 Å². The van der Waals surface area contributed by atoms with Crippen LogP contribution in [0.5, 0.6) is 5.75 Å². The lowest BCUT2D eigenvalue weighted by Crippen LogP contribution is -2.28. The van der Waals surface area contributed by atoms with E-state index >= 15 is 0 Å². The van der Waals surface area contributed by atoms with E-state index in [1.165, 1.54) is 11.8 Å². The van der Waals surface area contributed by atoms with Gasteiger partial charge >= 0.3 is 0 Å². The lowest BCUT2D eigenvalue weighted by molar-refractivity contribution is -0.119. The Morgan fingerprint density at radius 3 is 2.52 bits per heavy atom. The molecule has 174 valence electrons. The fourth-order valence-corrected chi connectivity index (χ4v) is 4.35. The molecule has 8 heteroatoms. The van der Waals surface area contributed by atoms with Crippen molar-refractivity contribution in [3.8, 4) is 5.75 Å². The van der Waals surface area contributed by atoms with E-state index in [-0.39, 0.29) is 23.8 Å². The first-order valence-corrected chi connectivity index (χ1v) is 12.1. The van der Waals surface area contributed by atoms with E-state index in [2.05, 4.69) is 22.1 Å². The Hall–Kier alpha value is -2.77. The van der Waals surface area contributed by atoms with Gasteiger partial charge < -0.3 is 10.1 Å². The van der Waals surface area contributed by atoms with Crippen LogP contribution in [0.3, 0.4) is 0 Å². The van der Waals surface area contributed by atoms with Crippen LogP contribution in [0.25, 0.3) is 0 Å². The van der Waals surface area contributed by atoms with Crippen molar-refractivity contribution in [2.24, 2.45) is 0 Å². The molecule has 1 N–H and O–H groups in total. The topological polar surface area (TPSA) is 69.0 Å². The van der Waals surface area contributed by atoms with Gasteiger partial charge in [-0.1, -0.05) is 59.8 Å². The second-order valence-electron chi connectivity index (χ2n) is 7.86. The molecule has 3 aromatic rings. The van der Waals surface area contributed by atoms with Gasteiger partial charge in [-0.25, -0.2) is 0 Å². The lowest BCUT2D eigenvalue weighted by Gasteiger charge is -2.17. The summed E-state index contributed by atoms with van der Waals surface area (Å²) in [7, 11) is 0. The standard InChI is InChI=1S/C25H29ClN4O2S/c1-6-12-30-24(19(5)32-21-13-16(2)23(26)17(3)14-21)28-29-25(30)33-15-22(31)27-18(4)20-10-8-7-9-11-20/h6-11,13-14,18-19H,1,12,15H2,2-5H3,(H,27,31). The van der Waals surface area contributed by atoms with E-state index in [0.29, 0.717) is 17.5 Å². The summed E-state index contributed by atoms with van der Waals surface area (Å²) in [6, 6.07) is 13.6. The minimum absolute atomic E-state index is 0.0672. The van der Waals surface area contributed by atoms with Crippen LogP contribution in [0.2, 0.25) is 5.02 Å². The molecule has 1 heterocycles. The molecule has 0 saturated heterocycles. The SMILES string of the molecule is C=CCn1c(SCC(=O)NC(C)c2ccccc2)nnc1C(C)Oc1cc(C)c(Cl)c(C)c1. The number of ether oxygens (including phenoxy) is 1. The van der Waals surface area contributed by atoms with Crippen LogP contribution in [-0.4, -0.2) is 26.4 Å². The zero-order valence-corrected chi connectivity index (χ0v) is 20.9. The number of hydrogen-bond acceptors (Lipinski definition) is 5. The highest BCUT2D eigenvalue weighted by Gasteiger charge is 2.20. The molecule has 0 aliphatic rings. The molecule has 2 atom stereocenters. The summed E-state index contributed by atoms with van der Waals surface area (Å²) in [4.78, 5) is 12.5. The molecule has 0 aliphatic carbocycles. The summed E-state index contributed by atoms with van der Waals surface area (Å²) in [6.07, 6.45) is 1.43. The van der Waals surface area contributed by atoms with Gasteiger partial charge in [0.1, 0.15) is 5.75 Å². The molecular formula is C25H29ClN4O2S. The second kappa shape index (κ2) is 11.4. The zero-order valence-electron chi connectivity index (χ0n) is 19.3. The van der Waals surface area contributed by atoms with Crippen molar-refractivity contribution in [2.75, 3.05) is 5.75 Å². The number of carbonyl (C=O) groups is 1. The molecule has 33 heavy (non-hydrogen) atoms. The van der Waals surface area contributed by atoms with Gasteiger partial charge in [0.15, 0.2) is 17.1 Å². The fourth-order valence-electron chi connectivity index (χ4n) is 3.48. The number of halogens is 1. The Balaban J connectivity index is 1.67. The van der Waals surface area contributed by atoms with E-state index in [9.17, 15) is 4.79 Å². The third-order valence-corrected chi connectivity index (χ3v) is 6.72. The molecule has 1 amide bonds. The van der Waals surface area contributed by atoms with Crippen LogP contribution in [0, 0.1) is 13.8 Å². The predicted octanol–water partition coefficient (Wildman–Crippen LogP) is 5.84. The number of allylic oxidation sites excluding steroid dienone is 1. The molecule has 0 radical (unpaired) electrons. The summed E-state index contributed by atoms with van der Waals surface area (Å²) < 4.78 is 8.06. The minimum atomic E-state index is -0.348. The predicted molar refractivity (Wildman–Crippen MR) is 134 cm³/mol. The van der Waals surface area contributed by atoms with Crippen LogP contribution in [0.1, 0.15) is 48.5 Å². The molecule has 2 unspecified atom stereocenters. The molecular weight excluding hydrogens is 456 g/mol. The summed E-state index contributed by atoms with van der Waals surface area (Å²) in [6.45, 7) is 12.1. The maximum atomic E-state index is 12.5. The Morgan fingerprint density at radius 1 is 1.21 bits per heavy atom. The van der Waals surface area contributed by atoms with Gasteiger partial charge in [0, 0.05) is 11.6 Å². The quantitative estimate of drug-likeness (QED) is 0.289. The zero-order chi connectivity index (χ0) is 24.0. The van der Waals surface area contributed by atoms with E-state index < -0.39 is 0 Å². The van der Waals surface area contributed by atoms with Crippen LogP contribution in [-0.2, 0) is 11.3 Å². The Bertz CT molecular complexity index is 1090. The first-order valence-electron chi connectivity index (χ1n) is 10.7. The summed E-state index contributed by atoms with van der Waals surface area (Å²) in [5.74, 6) is 1.55.